The lowest BCUT2D eigenvalue weighted by Crippen LogP contribution is -2.38. The Morgan fingerprint density at radius 3 is 2.68 bits per heavy atom. The predicted molar refractivity (Wildman–Crippen MR) is 128 cm³/mol. The van der Waals surface area contributed by atoms with Gasteiger partial charge in [-0.05, 0) is 56.0 Å². The zero-order valence-electron chi connectivity index (χ0n) is 17.8. The van der Waals surface area contributed by atoms with Crippen LogP contribution in [0.2, 0.25) is 5.02 Å². The van der Waals surface area contributed by atoms with E-state index in [1.165, 1.54) is 0 Å². The standard InChI is InChI=1S/C24H28ClN3O2S/c1-17-11-14-28(21-7-3-4-8-22(21)31-17)23(29)16-26-20-15-18(25)9-10-19(20)24(30)27-12-5-2-6-13-27/h3-4,7-10,15,17,26H,2,5-6,11-14,16H2,1H3. The molecule has 0 aromatic heterocycles. The summed E-state index contributed by atoms with van der Waals surface area (Å²) in [6.07, 6.45) is 4.16. The van der Waals surface area contributed by atoms with Crippen molar-refractivity contribution < 1.29 is 9.59 Å². The second-order valence-corrected chi connectivity index (χ2v) is 10.0. The second kappa shape index (κ2) is 9.96. The number of likely N-dealkylation sites (tertiary alicyclic amines) is 1. The number of fused-ring (bicyclic) bond motifs is 1. The first kappa shape index (κ1) is 22.0. The van der Waals surface area contributed by atoms with Crippen LogP contribution in [0.4, 0.5) is 11.4 Å². The molecule has 5 nitrogen and oxygen atoms in total. The number of nitrogens with zero attached hydrogens (tertiary/aromatic N) is 2. The number of amides is 2. The smallest absolute Gasteiger partial charge is 0.255 e. The second-order valence-electron chi connectivity index (χ2n) is 8.13. The van der Waals surface area contributed by atoms with Gasteiger partial charge < -0.3 is 15.1 Å². The highest BCUT2D eigenvalue weighted by Crippen LogP contribution is 2.37. The van der Waals surface area contributed by atoms with Crippen molar-refractivity contribution in [3.63, 3.8) is 0 Å². The molecule has 2 aliphatic rings. The van der Waals surface area contributed by atoms with Gasteiger partial charge in [-0.2, -0.15) is 0 Å². The molecule has 7 heteroatoms. The minimum Gasteiger partial charge on any atom is -0.375 e. The van der Waals surface area contributed by atoms with Crippen molar-refractivity contribution in [1.82, 2.24) is 4.90 Å². The quantitative estimate of drug-likeness (QED) is 0.677. The Morgan fingerprint density at radius 1 is 1.10 bits per heavy atom. The first-order valence-electron chi connectivity index (χ1n) is 10.9. The Labute approximate surface area is 193 Å². The summed E-state index contributed by atoms with van der Waals surface area (Å²) >= 11 is 8.02. The van der Waals surface area contributed by atoms with E-state index in [2.05, 4.69) is 18.3 Å². The maximum absolute atomic E-state index is 13.2. The average molecular weight is 458 g/mol. The van der Waals surface area contributed by atoms with Gasteiger partial charge in [-0.3, -0.25) is 9.59 Å². The number of halogens is 1. The third-order valence-electron chi connectivity index (χ3n) is 5.83. The molecule has 4 rings (SSSR count). The SMILES string of the molecule is CC1CCN(C(=O)CNc2cc(Cl)ccc2C(=O)N2CCCCC2)c2ccccc2S1. The number of thioether (sulfide) groups is 1. The molecular formula is C24H28ClN3O2S. The van der Waals surface area contributed by atoms with Crippen molar-refractivity contribution in [3.8, 4) is 0 Å². The summed E-state index contributed by atoms with van der Waals surface area (Å²) in [6.45, 7) is 4.54. The van der Waals surface area contributed by atoms with E-state index in [0.717, 1.165) is 49.4 Å². The molecule has 2 amide bonds. The molecule has 2 aromatic carbocycles. The third kappa shape index (κ3) is 5.18. The molecule has 2 aromatic rings. The van der Waals surface area contributed by atoms with Crippen LogP contribution in [-0.2, 0) is 4.79 Å². The Bertz CT molecular complexity index is 962. The van der Waals surface area contributed by atoms with Gasteiger partial charge in [0.25, 0.3) is 5.91 Å². The van der Waals surface area contributed by atoms with Gasteiger partial charge in [-0.1, -0.05) is 30.7 Å². The molecule has 2 aliphatic heterocycles. The molecule has 164 valence electrons. The fraction of sp³-hybridized carbons (Fsp3) is 0.417. The Balaban J connectivity index is 1.51. The largest absolute Gasteiger partial charge is 0.375 e. The number of hydrogen-bond donors (Lipinski definition) is 1. The molecule has 1 saturated heterocycles. The number of carbonyl (C=O) groups excluding carboxylic acids is 2. The van der Waals surface area contributed by atoms with Crippen LogP contribution in [0.15, 0.2) is 47.4 Å². The lowest BCUT2D eigenvalue weighted by Gasteiger charge is -2.28. The van der Waals surface area contributed by atoms with E-state index in [1.54, 1.807) is 18.2 Å². The fourth-order valence-electron chi connectivity index (χ4n) is 4.13. The van der Waals surface area contributed by atoms with E-state index in [9.17, 15) is 9.59 Å². The summed E-state index contributed by atoms with van der Waals surface area (Å²) in [5.74, 6) is -0.0184. The van der Waals surface area contributed by atoms with Crippen LogP contribution in [0.25, 0.3) is 0 Å². The van der Waals surface area contributed by atoms with Gasteiger partial charge in [0.1, 0.15) is 0 Å². The Morgan fingerprint density at radius 2 is 1.87 bits per heavy atom. The normalized spacial score (nSPS) is 18.8. The molecule has 1 atom stereocenters. The molecule has 31 heavy (non-hydrogen) atoms. The number of piperidine rings is 1. The average Bonchev–Trinajstić information content (AvgIpc) is 2.96. The number of rotatable bonds is 4. The summed E-state index contributed by atoms with van der Waals surface area (Å²) in [5, 5.41) is 4.19. The van der Waals surface area contributed by atoms with Crippen molar-refractivity contribution in [1.29, 1.82) is 0 Å². The van der Waals surface area contributed by atoms with Gasteiger partial charge in [-0.15, -0.1) is 11.8 Å². The van der Waals surface area contributed by atoms with Crippen LogP contribution < -0.4 is 10.2 Å². The van der Waals surface area contributed by atoms with E-state index in [0.29, 0.717) is 28.1 Å². The molecular weight excluding hydrogens is 430 g/mol. The highest BCUT2D eigenvalue weighted by atomic mass is 35.5. The topological polar surface area (TPSA) is 52.7 Å². The van der Waals surface area contributed by atoms with Crippen molar-refractivity contribution >= 4 is 46.6 Å². The summed E-state index contributed by atoms with van der Waals surface area (Å²) in [5.41, 5.74) is 2.14. The molecule has 1 fully saturated rings. The van der Waals surface area contributed by atoms with Crippen molar-refractivity contribution in [2.75, 3.05) is 36.4 Å². The molecule has 0 bridgehead atoms. The molecule has 1 N–H and O–H groups in total. The van der Waals surface area contributed by atoms with Gasteiger partial charge in [-0.25, -0.2) is 0 Å². The van der Waals surface area contributed by atoms with Gasteiger partial charge in [0.05, 0.1) is 17.8 Å². The Kier molecular flexibility index (Phi) is 7.08. The van der Waals surface area contributed by atoms with Crippen LogP contribution >= 0.6 is 23.4 Å². The van der Waals surface area contributed by atoms with Crippen molar-refractivity contribution in [2.45, 2.75) is 42.8 Å². The van der Waals surface area contributed by atoms with E-state index in [4.69, 9.17) is 11.6 Å². The van der Waals surface area contributed by atoms with Crippen molar-refractivity contribution in [2.24, 2.45) is 0 Å². The van der Waals surface area contributed by atoms with E-state index in [-0.39, 0.29) is 18.4 Å². The van der Waals surface area contributed by atoms with Crippen LogP contribution in [0.1, 0.15) is 43.0 Å². The van der Waals surface area contributed by atoms with Crippen LogP contribution in [0.3, 0.4) is 0 Å². The van der Waals surface area contributed by atoms with Gasteiger partial charge in [0.15, 0.2) is 0 Å². The minimum absolute atomic E-state index is 0.00309. The van der Waals surface area contributed by atoms with E-state index in [1.807, 2.05) is 39.8 Å². The molecule has 0 radical (unpaired) electrons. The maximum atomic E-state index is 13.2. The number of anilines is 2. The highest BCUT2D eigenvalue weighted by molar-refractivity contribution is 8.00. The van der Waals surface area contributed by atoms with E-state index >= 15 is 0 Å². The zero-order valence-corrected chi connectivity index (χ0v) is 19.3. The van der Waals surface area contributed by atoms with E-state index < -0.39 is 0 Å². The number of hydrogen-bond acceptors (Lipinski definition) is 4. The zero-order chi connectivity index (χ0) is 21.8. The maximum Gasteiger partial charge on any atom is 0.255 e. The number of benzene rings is 2. The van der Waals surface area contributed by atoms with Crippen molar-refractivity contribution in [3.05, 3.63) is 53.1 Å². The summed E-state index contributed by atoms with van der Waals surface area (Å²) < 4.78 is 0. The molecule has 2 heterocycles. The number of nitrogens with one attached hydrogen (secondary N) is 1. The van der Waals surface area contributed by atoms with Gasteiger partial charge in [0.2, 0.25) is 5.91 Å². The first-order valence-corrected chi connectivity index (χ1v) is 12.2. The summed E-state index contributed by atoms with van der Waals surface area (Å²) in [7, 11) is 0. The van der Waals surface area contributed by atoms with Gasteiger partial charge in [0, 0.05) is 40.5 Å². The molecule has 0 aliphatic carbocycles. The highest BCUT2D eigenvalue weighted by Gasteiger charge is 2.25. The fourth-order valence-corrected chi connectivity index (χ4v) is 5.41. The number of para-hydroxylation sites is 1. The molecule has 0 spiro atoms. The third-order valence-corrected chi connectivity index (χ3v) is 7.30. The van der Waals surface area contributed by atoms with Crippen LogP contribution in [0.5, 0.6) is 0 Å². The summed E-state index contributed by atoms with van der Waals surface area (Å²) in [4.78, 5) is 31.1. The van der Waals surface area contributed by atoms with Gasteiger partial charge >= 0.3 is 0 Å². The predicted octanol–water partition coefficient (Wildman–Crippen LogP) is 5.30. The summed E-state index contributed by atoms with van der Waals surface area (Å²) in [6, 6.07) is 13.3. The van der Waals surface area contributed by atoms with Crippen LogP contribution in [0, 0.1) is 0 Å². The lowest BCUT2D eigenvalue weighted by molar-refractivity contribution is -0.117. The monoisotopic (exact) mass is 457 g/mol. The number of carbonyl (C=O) groups is 2. The molecule has 1 unspecified atom stereocenters. The Hall–Kier alpha value is -2.18. The van der Waals surface area contributed by atoms with Crippen LogP contribution in [-0.4, -0.2) is 48.1 Å². The first-order chi connectivity index (χ1) is 15.0. The molecule has 0 saturated carbocycles. The lowest BCUT2D eigenvalue weighted by atomic mass is 10.1. The minimum atomic E-state index is -0.0153.